The number of nitrogens with one attached hydrogen (secondary N) is 3. The van der Waals surface area contributed by atoms with Gasteiger partial charge in [0.05, 0.1) is 16.5 Å². The molecule has 1 aliphatic heterocycles. The number of aromatic nitrogens is 2. The number of H-pyrrole nitrogens is 1. The zero-order valence-electron chi connectivity index (χ0n) is 13.8. The summed E-state index contributed by atoms with van der Waals surface area (Å²) >= 11 is 6.94. The van der Waals surface area contributed by atoms with Crippen LogP contribution in [-0.4, -0.2) is 27.5 Å². The molecule has 0 spiro atoms. The number of halogens is 2. The molecule has 10 heteroatoms. The second-order valence-electron chi connectivity index (χ2n) is 5.66. The lowest BCUT2D eigenvalue weighted by molar-refractivity contribution is -0.123. The van der Waals surface area contributed by atoms with Crippen LogP contribution in [0.1, 0.15) is 17.9 Å². The quantitative estimate of drug-likeness (QED) is 0.401. The average molecular weight is 409 g/mol. The van der Waals surface area contributed by atoms with Crippen molar-refractivity contribution in [3.05, 3.63) is 57.6 Å². The predicted molar refractivity (Wildman–Crippen MR) is 102 cm³/mol. The van der Waals surface area contributed by atoms with Crippen molar-refractivity contribution in [1.82, 2.24) is 9.97 Å². The van der Waals surface area contributed by atoms with Gasteiger partial charge in [0.2, 0.25) is 11.8 Å². The van der Waals surface area contributed by atoms with E-state index < -0.39 is 29.1 Å². The summed E-state index contributed by atoms with van der Waals surface area (Å²) in [5, 5.41) is 5.23. The van der Waals surface area contributed by atoms with E-state index in [1.54, 1.807) is 6.08 Å². The summed E-state index contributed by atoms with van der Waals surface area (Å²) in [6.45, 7) is 3.59. The highest BCUT2D eigenvalue weighted by atomic mass is 35.5. The van der Waals surface area contributed by atoms with Gasteiger partial charge in [0.15, 0.2) is 5.16 Å². The van der Waals surface area contributed by atoms with Crippen LogP contribution in [0.25, 0.3) is 0 Å². The SMILES string of the molecule is C=CCSc1nc2c(c(=O)[nH]1)[C@@H](C(=O)Nc1ccc(F)c(Cl)c1)CC(=O)N2. The largest absolute Gasteiger partial charge is 0.325 e. The van der Waals surface area contributed by atoms with E-state index in [1.807, 2.05) is 0 Å². The van der Waals surface area contributed by atoms with Crippen LogP contribution < -0.4 is 16.2 Å². The van der Waals surface area contributed by atoms with Gasteiger partial charge in [0.25, 0.3) is 5.56 Å². The van der Waals surface area contributed by atoms with E-state index in [1.165, 1.54) is 23.9 Å². The highest BCUT2D eigenvalue weighted by molar-refractivity contribution is 7.99. The molecule has 0 aliphatic carbocycles. The fraction of sp³-hybridized carbons (Fsp3) is 0.176. The first-order valence-corrected chi connectivity index (χ1v) is 9.19. The molecule has 1 aliphatic rings. The minimum atomic E-state index is -1.03. The van der Waals surface area contributed by atoms with Crippen LogP contribution in [0.5, 0.6) is 0 Å². The van der Waals surface area contributed by atoms with Crippen molar-refractivity contribution in [3.63, 3.8) is 0 Å². The van der Waals surface area contributed by atoms with E-state index in [4.69, 9.17) is 11.6 Å². The average Bonchev–Trinajstić information content (AvgIpc) is 2.62. The molecule has 3 rings (SSSR count). The van der Waals surface area contributed by atoms with Crippen LogP contribution in [0, 0.1) is 5.82 Å². The van der Waals surface area contributed by atoms with Gasteiger partial charge in [-0.05, 0) is 18.2 Å². The second kappa shape index (κ2) is 7.93. The Morgan fingerprint density at radius 3 is 2.96 bits per heavy atom. The van der Waals surface area contributed by atoms with Crippen molar-refractivity contribution in [3.8, 4) is 0 Å². The number of thioether (sulfide) groups is 1. The molecule has 0 unspecified atom stereocenters. The molecule has 0 fully saturated rings. The summed E-state index contributed by atoms with van der Waals surface area (Å²) in [4.78, 5) is 43.9. The predicted octanol–water partition coefficient (Wildman–Crippen LogP) is 2.91. The summed E-state index contributed by atoms with van der Waals surface area (Å²) in [6.07, 6.45) is 1.43. The number of benzene rings is 1. The van der Waals surface area contributed by atoms with E-state index in [0.717, 1.165) is 6.07 Å². The van der Waals surface area contributed by atoms with Crippen LogP contribution in [0.3, 0.4) is 0 Å². The maximum Gasteiger partial charge on any atom is 0.257 e. The van der Waals surface area contributed by atoms with E-state index >= 15 is 0 Å². The van der Waals surface area contributed by atoms with E-state index in [2.05, 4.69) is 27.2 Å². The molecule has 7 nitrogen and oxygen atoms in total. The van der Waals surface area contributed by atoms with Crippen molar-refractivity contribution in [2.45, 2.75) is 17.5 Å². The third-order valence-electron chi connectivity index (χ3n) is 3.77. The minimum Gasteiger partial charge on any atom is -0.325 e. The molecule has 140 valence electrons. The number of carbonyl (C=O) groups excluding carboxylic acids is 2. The van der Waals surface area contributed by atoms with Crippen molar-refractivity contribution in [2.24, 2.45) is 0 Å². The van der Waals surface area contributed by atoms with Gasteiger partial charge in [-0.1, -0.05) is 29.4 Å². The standard InChI is InChI=1S/C17H14ClFN4O3S/c1-2-5-27-17-22-14-13(16(26)23-17)9(7-12(24)21-14)15(25)20-8-3-4-11(19)10(18)6-8/h2-4,6,9H,1,5,7H2,(H,20,25)(H2,21,22,23,24,26)/t9-/m0/s1. The summed E-state index contributed by atoms with van der Waals surface area (Å²) < 4.78 is 13.3. The number of nitrogens with zero attached hydrogens (tertiary/aromatic N) is 1. The topological polar surface area (TPSA) is 104 Å². The number of anilines is 2. The number of aromatic amines is 1. The molecular weight excluding hydrogens is 395 g/mol. The molecule has 1 aromatic carbocycles. The summed E-state index contributed by atoms with van der Waals surface area (Å²) in [7, 11) is 0. The molecule has 2 aromatic rings. The molecule has 2 heterocycles. The van der Waals surface area contributed by atoms with E-state index in [-0.39, 0.29) is 28.5 Å². The maximum absolute atomic E-state index is 13.3. The Morgan fingerprint density at radius 1 is 1.48 bits per heavy atom. The third-order valence-corrected chi connectivity index (χ3v) is 4.93. The molecule has 0 bridgehead atoms. The van der Waals surface area contributed by atoms with Crippen LogP contribution in [0.4, 0.5) is 15.9 Å². The highest BCUT2D eigenvalue weighted by Crippen LogP contribution is 2.30. The lowest BCUT2D eigenvalue weighted by atomic mass is 9.92. The van der Waals surface area contributed by atoms with Crippen molar-refractivity contribution in [2.75, 3.05) is 16.4 Å². The van der Waals surface area contributed by atoms with Crippen LogP contribution >= 0.6 is 23.4 Å². The molecular formula is C17H14ClFN4O3S. The third kappa shape index (κ3) is 4.20. The normalized spacial score (nSPS) is 15.6. The second-order valence-corrected chi connectivity index (χ2v) is 7.07. The number of hydrogen-bond acceptors (Lipinski definition) is 5. The van der Waals surface area contributed by atoms with Gasteiger partial charge in [-0.25, -0.2) is 9.37 Å². The molecule has 2 amide bonds. The number of amides is 2. The Morgan fingerprint density at radius 2 is 2.26 bits per heavy atom. The fourth-order valence-corrected chi connectivity index (χ4v) is 3.36. The zero-order chi connectivity index (χ0) is 19.6. The molecule has 3 N–H and O–H groups in total. The number of rotatable bonds is 5. The molecule has 27 heavy (non-hydrogen) atoms. The van der Waals surface area contributed by atoms with Gasteiger partial charge >= 0.3 is 0 Å². The monoisotopic (exact) mass is 408 g/mol. The first-order chi connectivity index (χ1) is 12.9. The van der Waals surface area contributed by atoms with Crippen molar-refractivity contribution < 1.29 is 14.0 Å². The Labute approximate surface area is 162 Å². The maximum atomic E-state index is 13.3. The van der Waals surface area contributed by atoms with Gasteiger partial charge < -0.3 is 15.6 Å². The molecule has 0 radical (unpaired) electrons. The molecule has 0 saturated heterocycles. The number of hydrogen-bond donors (Lipinski definition) is 3. The highest BCUT2D eigenvalue weighted by Gasteiger charge is 2.34. The lowest BCUT2D eigenvalue weighted by Gasteiger charge is -2.23. The van der Waals surface area contributed by atoms with E-state index in [9.17, 15) is 18.8 Å². The van der Waals surface area contributed by atoms with Crippen LogP contribution in [-0.2, 0) is 9.59 Å². The minimum absolute atomic E-state index is 0.0545. The summed E-state index contributed by atoms with van der Waals surface area (Å²) in [5.74, 6) is -2.11. The van der Waals surface area contributed by atoms with Crippen LogP contribution in [0.2, 0.25) is 5.02 Å². The Hall–Kier alpha value is -2.65. The van der Waals surface area contributed by atoms with Gasteiger partial charge in [-0.3, -0.25) is 14.4 Å². The molecule has 0 saturated carbocycles. The molecule has 1 aromatic heterocycles. The first kappa shape index (κ1) is 19.1. The smallest absolute Gasteiger partial charge is 0.257 e. The summed E-state index contributed by atoms with van der Waals surface area (Å²) in [6, 6.07) is 3.69. The van der Waals surface area contributed by atoms with Gasteiger partial charge in [0, 0.05) is 17.9 Å². The van der Waals surface area contributed by atoms with E-state index in [0.29, 0.717) is 10.9 Å². The Bertz CT molecular complexity index is 995. The zero-order valence-corrected chi connectivity index (χ0v) is 15.4. The van der Waals surface area contributed by atoms with Crippen molar-refractivity contribution >= 4 is 46.7 Å². The Kier molecular flexibility index (Phi) is 5.62. The van der Waals surface area contributed by atoms with Crippen molar-refractivity contribution in [1.29, 1.82) is 0 Å². The number of carbonyl (C=O) groups is 2. The lowest BCUT2D eigenvalue weighted by Crippen LogP contribution is -2.36. The number of fused-ring (bicyclic) bond motifs is 1. The molecule has 1 atom stereocenters. The summed E-state index contributed by atoms with van der Waals surface area (Å²) in [5.41, 5.74) is -0.186. The van der Waals surface area contributed by atoms with Gasteiger partial charge in [0.1, 0.15) is 11.6 Å². The Balaban J connectivity index is 1.91. The van der Waals surface area contributed by atoms with Crippen LogP contribution in [0.15, 0.2) is 40.8 Å². The fourth-order valence-electron chi connectivity index (χ4n) is 2.58. The first-order valence-electron chi connectivity index (χ1n) is 7.82. The van der Waals surface area contributed by atoms with Gasteiger partial charge in [-0.2, -0.15) is 0 Å². The van der Waals surface area contributed by atoms with Gasteiger partial charge in [-0.15, -0.1) is 6.58 Å².